The van der Waals surface area contributed by atoms with Gasteiger partial charge in [0, 0.05) is 25.8 Å². The third kappa shape index (κ3) is 3.62. The van der Waals surface area contributed by atoms with Crippen molar-refractivity contribution >= 4 is 22.4 Å². The lowest BCUT2D eigenvalue weighted by Crippen LogP contribution is -2.27. The maximum absolute atomic E-state index is 12.6. The minimum absolute atomic E-state index is 0.0937. The van der Waals surface area contributed by atoms with Crippen LogP contribution in [-0.2, 0) is 6.42 Å². The Balaban J connectivity index is 1.42. The SMILES string of the molecule is O=C(NCCc1ccccc1)c1cccn1-c1nnc(N2CCCC2)s1. The van der Waals surface area contributed by atoms with Crippen LogP contribution in [0.3, 0.4) is 0 Å². The van der Waals surface area contributed by atoms with Gasteiger partial charge in [0.05, 0.1) is 0 Å². The van der Waals surface area contributed by atoms with Gasteiger partial charge in [-0.2, -0.15) is 0 Å². The van der Waals surface area contributed by atoms with Gasteiger partial charge in [0.15, 0.2) is 0 Å². The minimum atomic E-state index is -0.0937. The van der Waals surface area contributed by atoms with E-state index in [-0.39, 0.29) is 5.91 Å². The Morgan fingerprint density at radius 3 is 2.62 bits per heavy atom. The van der Waals surface area contributed by atoms with Crippen LogP contribution in [0.25, 0.3) is 5.13 Å². The molecule has 1 aliphatic rings. The van der Waals surface area contributed by atoms with Crippen molar-refractivity contribution in [3.8, 4) is 5.13 Å². The van der Waals surface area contributed by atoms with Crippen molar-refractivity contribution in [1.29, 1.82) is 0 Å². The Kier molecular flexibility index (Phi) is 4.97. The van der Waals surface area contributed by atoms with Gasteiger partial charge in [0.25, 0.3) is 5.91 Å². The molecule has 7 heteroatoms. The molecule has 0 aliphatic carbocycles. The summed E-state index contributed by atoms with van der Waals surface area (Å²) in [5.41, 5.74) is 1.80. The van der Waals surface area contributed by atoms with Crippen molar-refractivity contribution in [3.05, 3.63) is 59.9 Å². The van der Waals surface area contributed by atoms with Gasteiger partial charge in [0.2, 0.25) is 10.3 Å². The number of hydrogen-bond acceptors (Lipinski definition) is 5. The van der Waals surface area contributed by atoms with Gasteiger partial charge in [0.1, 0.15) is 5.69 Å². The van der Waals surface area contributed by atoms with E-state index in [1.54, 1.807) is 0 Å². The fourth-order valence-electron chi connectivity index (χ4n) is 3.13. The summed E-state index contributed by atoms with van der Waals surface area (Å²) in [5.74, 6) is -0.0937. The van der Waals surface area contributed by atoms with E-state index in [2.05, 4.69) is 32.5 Å². The highest BCUT2D eigenvalue weighted by Crippen LogP contribution is 2.27. The van der Waals surface area contributed by atoms with Gasteiger partial charge in [-0.15, -0.1) is 10.2 Å². The van der Waals surface area contributed by atoms with Crippen LogP contribution >= 0.6 is 11.3 Å². The molecule has 1 N–H and O–H groups in total. The molecule has 2 aromatic heterocycles. The average molecular weight is 367 g/mol. The Morgan fingerprint density at radius 2 is 1.81 bits per heavy atom. The molecule has 26 heavy (non-hydrogen) atoms. The molecule has 0 unspecified atom stereocenters. The number of nitrogens with one attached hydrogen (secondary N) is 1. The third-order valence-corrected chi connectivity index (χ3v) is 5.49. The fourth-order valence-corrected chi connectivity index (χ4v) is 4.03. The summed E-state index contributed by atoms with van der Waals surface area (Å²) in [6, 6.07) is 13.8. The van der Waals surface area contributed by atoms with Crippen LogP contribution in [0.2, 0.25) is 0 Å². The van der Waals surface area contributed by atoms with E-state index < -0.39 is 0 Å². The number of rotatable bonds is 6. The zero-order valence-corrected chi connectivity index (χ0v) is 15.3. The molecule has 1 fully saturated rings. The summed E-state index contributed by atoms with van der Waals surface area (Å²) < 4.78 is 1.81. The molecule has 0 spiro atoms. The number of anilines is 1. The van der Waals surface area contributed by atoms with Gasteiger partial charge >= 0.3 is 0 Å². The van der Waals surface area contributed by atoms with Crippen LogP contribution in [0.1, 0.15) is 28.9 Å². The van der Waals surface area contributed by atoms with Gasteiger partial charge < -0.3 is 10.2 Å². The Morgan fingerprint density at radius 1 is 1.04 bits per heavy atom. The molecule has 0 bridgehead atoms. The Bertz CT molecular complexity index is 867. The Labute approximate surface area is 156 Å². The zero-order valence-electron chi connectivity index (χ0n) is 14.5. The lowest BCUT2D eigenvalue weighted by molar-refractivity contribution is 0.0947. The maximum atomic E-state index is 12.6. The highest BCUT2D eigenvalue weighted by molar-refractivity contribution is 7.17. The molecular weight excluding hydrogens is 346 g/mol. The first-order valence-corrected chi connectivity index (χ1v) is 9.71. The standard InChI is InChI=1S/C19H21N5OS/c25-17(20-11-10-15-7-2-1-3-8-15)16-9-6-14-24(16)19-22-21-18(26-19)23-12-4-5-13-23/h1-3,6-9,14H,4-5,10-13H2,(H,20,25). The first kappa shape index (κ1) is 16.8. The molecule has 4 rings (SSSR count). The second kappa shape index (κ2) is 7.70. The lowest BCUT2D eigenvalue weighted by Gasteiger charge is -2.11. The van der Waals surface area contributed by atoms with Crippen molar-refractivity contribution in [2.45, 2.75) is 19.3 Å². The van der Waals surface area contributed by atoms with Crippen molar-refractivity contribution < 1.29 is 4.79 Å². The van der Waals surface area contributed by atoms with Crippen LogP contribution in [0, 0.1) is 0 Å². The number of benzene rings is 1. The minimum Gasteiger partial charge on any atom is -0.350 e. The number of amides is 1. The fraction of sp³-hybridized carbons (Fsp3) is 0.316. The van der Waals surface area contributed by atoms with Gasteiger partial charge in [-0.05, 0) is 37.0 Å². The predicted molar refractivity (Wildman–Crippen MR) is 103 cm³/mol. The molecule has 3 heterocycles. The largest absolute Gasteiger partial charge is 0.350 e. The topological polar surface area (TPSA) is 63.1 Å². The summed E-state index contributed by atoms with van der Waals surface area (Å²) in [6.07, 6.45) is 5.08. The van der Waals surface area contributed by atoms with Gasteiger partial charge in [-0.25, -0.2) is 0 Å². The first-order valence-electron chi connectivity index (χ1n) is 8.89. The molecule has 0 radical (unpaired) electrons. The number of aromatic nitrogens is 3. The van der Waals surface area contributed by atoms with Gasteiger partial charge in [-0.3, -0.25) is 9.36 Å². The van der Waals surface area contributed by atoms with Crippen LogP contribution < -0.4 is 10.2 Å². The average Bonchev–Trinajstić information content (AvgIpc) is 3.42. The molecule has 6 nitrogen and oxygen atoms in total. The first-order chi connectivity index (χ1) is 12.8. The molecule has 1 aliphatic heterocycles. The highest BCUT2D eigenvalue weighted by atomic mass is 32.1. The van der Waals surface area contributed by atoms with Crippen LogP contribution in [0.5, 0.6) is 0 Å². The van der Waals surface area contributed by atoms with Crippen molar-refractivity contribution in [2.24, 2.45) is 0 Å². The third-order valence-electron chi connectivity index (χ3n) is 4.51. The Hall–Kier alpha value is -2.67. The molecule has 1 aromatic carbocycles. The second-order valence-electron chi connectivity index (χ2n) is 6.32. The lowest BCUT2D eigenvalue weighted by atomic mass is 10.1. The zero-order chi connectivity index (χ0) is 17.8. The number of nitrogens with zero attached hydrogens (tertiary/aromatic N) is 4. The molecule has 1 amide bonds. The van der Waals surface area contributed by atoms with Crippen molar-refractivity contribution in [2.75, 3.05) is 24.5 Å². The molecule has 1 saturated heterocycles. The summed E-state index contributed by atoms with van der Waals surface area (Å²) in [7, 11) is 0. The van der Waals surface area contributed by atoms with E-state index in [4.69, 9.17) is 0 Å². The summed E-state index contributed by atoms with van der Waals surface area (Å²) in [5, 5.41) is 13.2. The molecular formula is C19H21N5OS. The van der Waals surface area contributed by atoms with E-state index in [0.717, 1.165) is 29.8 Å². The monoisotopic (exact) mass is 367 g/mol. The van der Waals surface area contributed by atoms with E-state index in [9.17, 15) is 4.79 Å². The molecule has 0 atom stereocenters. The van der Waals surface area contributed by atoms with Crippen LogP contribution in [0.4, 0.5) is 5.13 Å². The highest BCUT2D eigenvalue weighted by Gasteiger charge is 2.19. The van der Waals surface area contributed by atoms with Crippen molar-refractivity contribution in [1.82, 2.24) is 20.1 Å². The van der Waals surface area contributed by atoms with E-state index >= 15 is 0 Å². The number of carbonyl (C=O) groups excluding carboxylic acids is 1. The smallest absolute Gasteiger partial charge is 0.268 e. The molecule has 3 aromatic rings. The molecule has 0 saturated carbocycles. The normalized spacial score (nSPS) is 13.9. The van der Waals surface area contributed by atoms with E-state index in [0.29, 0.717) is 12.2 Å². The van der Waals surface area contributed by atoms with Crippen molar-refractivity contribution in [3.63, 3.8) is 0 Å². The predicted octanol–water partition coefficient (Wildman–Crippen LogP) is 2.90. The van der Waals surface area contributed by atoms with Crippen LogP contribution in [0.15, 0.2) is 48.7 Å². The summed E-state index contributed by atoms with van der Waals surface area (Å²) >= 11 is 1.53. The summed E-state index contributed by atoms with van der Waals surface area (Å²) in [6.45, 7) is 2.67. The van der Waals surface area contributed by atoms with Gasteiger partial charge in [-0.1, -0.05) is 41.7 Å². The van der Waals surface area contributed by atoms with E-state index in [1.807, 2.05) is 41.1 Å². The number of hydrogen-bond donors (Lipinski definition) is 1. The molecule has 134 valence electrons. The second-order valence-corrected chi connectivity index (χ2v) is 7.25. The van der Waals surface area contributed by atoms with E-state index in [1.165, 1.54) is 29.7 Å². The maximum Gasteiger partial charge on any atom is 0.268 e. The summed E-state index contributed by atoms with van der Waals surface area (Å²) in [4.78, 5) is 14.8. The number of carbonyl (C=O) groups is 1. The quantitative estimate of drug-likeness (QED) is 0.728. The van der Waals surface area contributed by atoms with Crippen LogP contribution in [-0.4, -0.2) is 40.3 Å².